The molecule has 0 aromatic carbocycles. The van der Waals surface area contributed by atoms with Gasteiger partial charge in [-0.2, -0.15) is 0 Å². The van der Waals surface area contributed by atoms with Crippen LogP contribution in [-0.2, 0) is 0 Å². The number of aromatic amines is 1. The van der Waals surface area contributed by atoms with E-state index in [1.165, 1.54) is 6.07 Å². The number of aryl methyl sites for hydroxylation is 1. The molecule has 1 rings (SSSR count). The van der Waals surface area contributed by atoms with Crippen molar-refractivity contribution in [2.45, 2.75) is 6.92 Å². The average Bonchev–Trinajstić information content (AvgIpc) is 2.16. The molecule has 0 bridgehead atoms. The Balaban J connectivity index is 3.43. The number of primary amides is 1. The fraction of sp³-hybridized carbons (Fsp3) is 0.222. The minimum absolute atomic E-state index is 0.123. The molecular formula is C9H9BrN2O3. The number of hydrogen-bond acceptors (Lipinski definition) is 3. The van der Waals surface area contributed by atoms with Crippen molar-refractivity contribution in [1.82, 2.24) is 4.98 Å². The number of amides is 1. The zero-order valence-corrected chi connectivity index (χ0v) is 9.55. The highest BCUT2D eigenvalue weighted by Crippen LogP contribution is 2.07. The SMILES string of the molecule is Cc1[nH]c(=O)c(C(N)=O)cc1C(=O)CBr. The molecule has 3 N–H and O–H groups in total. The van der Waals surface area contributed by atoms with Gasteiger partial charge in [0.05, 0.1) is 5.33 Å². The summed E-state index contributed by atoms with van der Waals surface area (Å²) in [6, 6.07) is 1.22. The van der Waals surface area contributed by atoms with Crippen LogP contribution >= 0.6 is 15.9 Å². The minimum Gasteiger partial charge on any atom is -0.365 e. The normalized spacial score (nSPS) is 10.0. The van der Waals surface area contributed by atoms with Gasteiger partial charge in [-0.25, -0.2) is 0 Å². The molecule has 1 aromatic rings. The van der Waals surface area contributed by atoms with Crippen molar-refractivity contribution in [3.8, 4) is 0 Å². The second kappa shape index (κ2) is 4.39. The van der Waals surface area contributed by atoms with E-state index in [1.807, 2.05) is 0 Å². The van der Waals surface area contributed by atoms with Crippen molar-refractivity contribution in [3.05, 3.63) is 33.2 Å². The Morgan fingerprint density at radius 3 is 2.53 bits per heavy atom. The second-order valence-corrected chi connectivity index (χ2v) is 3.53. The summed E-state index contributed by atoms with van der Waals surface area (Å²) in [5.41, 5.74) is 4.93. The smallest absolute Gasteiger partial charge is 0.261 e. The van der Waals surface area contributed by atoms with Gasteiger partial charge >= 0.3 is 0 Å². The summed E-state index contributed by atoms with van der Waals surface area (Å²) in [4.78, 5) is 35.9. The summed E-state index contributed by atoms with van der Waals surface area (Å²) in [5, 5.41) is 0.123. The van der Waals surface area contributed by atoms with E-state index in [-0.39, 0.29) is 16.7 Å². The quantitative estimate of drug-likeness (QED) is 0.615. The maximum absolute atomic E-state index is 11.4. The molecule has 1 aromatic heterocycles. The van der Waals surface area contributed by atoms with Gasteiger partial charge in [0.1, 0.15) is 5.56 Å². The molecule has 15 heavy (non-hydrogen) atoms. The zero-order valence-electron chi connectivity index (χ0n) is 7.96. The first kappa shape index (κ1) is 11.6. The fourth-order valence-corrected chi connectivity index (χ4v) is 1.47. The number of rotatable bonds is 3. The topological polar surface area (TPSA) is 93.0 Å². The Morgan fingerprint density at radius 1 is 1.47 bits per heavy atom. The van der Waals surface area contributed by atoms with Crippen LogP contribution in [0, 0.1) is 6.92 Å². The molecular weight excluding hydrogens is 264 g/mol. The molecule has 0 spiro atoms. The van der Waals surface area contributed by atoms with Crippen LogP contribution < -0.4 is 11.3 Å². The number of alkyl halides is 1. The van der Waals surface area contributed by atoms with Gasteiger partial charge in [0.15, 0.2) is 5.78 Å². The van der Waals surface area contributed by atoms with Crippen LogP contribution in [0.5, 0.6) is 0 Å². The molecule has 80 valence electrons. The standard InChI is InChI=1S/C9H9BrN2O3/c1-4-5(7(13)3-10)2-6(8(11)14)9(15)12-4/h2H,3H2,1H3,(H2,11,14)(H,12,15). The Labute approximate surface area is 93.8 Å². The summed E-state index contributed by atoms with van der Waals surface area (Å²) in [7, 11) is 0. The van der Waals surface area contributed by atoms with Gasteiger partial charge in [0, 0.05) is 11.3 Å². The third kappa shape index (κ3) is 2.33. The molecule has 0 saturated carbocycles. The Kier molecular flexibility index (Phi) is 3.41. The monoisotopic (exact) mass is 272 g/mol. The van der Waals surface area contributed by atoms with Gasteiger partial charge in [-0.3, -0.25) is 14.4 Å². The Morgan fingerprint density at radius 2 is 2.07 bits per heavy atom. The van der Waals surface area contributed by atoms with Crippen LogP contribution in [0.1, 0.15) is 26.4 Å². The summed E-state index contributed by atoms with van der Waals surface area (Å²) >= 11 is 3.01. The molecule has 5 nitrogen and oxygen atoms in total. The molecule has 1 heterocycles. The molecule has 0 aliphatic rings. The number of carbonyl (C=O) groups excluding carboxylic acids is 2. The van der Waals surface area contributed by atoms with E-state index in [0.29, 0.717) is 11.3 Å². The molecule has 6 heteroatoms. The molecule has 0 saturated heterocycles. The van der Waals surface area contributed by atoms with Gasteiger partial charge in [-0.05, 0) is 13.0 Å². The van der Waals surface area contributed by atoms with E-state index in [1.54, 1.807) is 6.92 Å². The summed E-state index contributed by atoms with van der Waals surface area (Å²) in [5.74, 6) is -1.06. The summed E-state index contributed by atoms with van der Waals surface area (Å²) in [6.45, 7) is 1.59. The number of pyridine rings is 1. The van der Waals surface area contributed by atoms with Crippen molar-refractivity contribution in [3.63, 3.8) is 0 Å². The maximum atomic E-state index is 11.4. The van der Waals surface area contributed by atoms with E-state index in [0.717, 1.165) is 0 Å². The van der Waals surface area contributed by atoms with Crippen LogP contribution in [0.15, 0.2) is 10.9 Å². The van der Waals surface area contributed by atoms with Gasteiger partial charge in [-0.1, -0.05) is 15.9 Å². The highest BCUT2D eigenvalue weighted by atomic mass is 79.9. The van der Waals surface area contributed by atoms with Gasteiger partial charge in [0.25, 0.3) is 11.5 Å². The largest absolute Gasteiger partial charge is 0.365 e. The van der Waals surface area contributed by atoms with E-state index < -0.39 is 11.5 Å². The first-order valence-electron chi connectivity index (χ1n) is 4.10. The van der Waals surface area contributed by atoms with Crippen LogP contribution in [0.2, 0.25) is 0 Å². The van der Waals surface area contributed by atoms with E-state index >= 15 is 0 Å². The third-order valence-corrected chi connectivity index (χ3v) is 2.43. The number of H-pyrrole nitrogens is 1. The molecule has 0 aliphatic carbocycles. The zero-order chi connectivity index (χ0) is 11.6. The lowest BCUT2D eigenvalue weighted by Gasteiger charge is -2.03. The second-order valence-electron chi connectivity index (χ2n) is 2.97. The van der Waals surface area contributed by atoms with Gasteiger partial charge in [0.2, 0.25) is 0 Å². The Bertz CT molecular complexity index is 479. The third-order valence-electron chi connectivity index (χ3n) is 1.93. The van der Waals surface area contributed by atoms with E-state index in [4.69, 9.17) is 5.73 Å². The predicted octanol–water partition coefficient (Wildman–Crippen LogP) is 0.360. The predicted molar refractivity (Wildman–Crippen MR) is 58.4 cm³/mol. The number of ketones is 1. The number of nitrogens with one attached hydrogen (secondary N) is 1. The molecule has 1 amide bonds. The first-order valence-corrected chi connectivity index (χ1v) is 5.22. The highest BCUT2D eigenvalue weighted by molar-refractivity contribution is 9.09. The van der Waals surface area contributed by atoms with Crippen molar-refractivity contribution in [2.24, 2.45) is 5.73 Å². The fourth-order valence-electron chi connectivity index (χ4n) is 1.17. The minimum atomic E-state index is -0.847. The van der Waals surface area contributed by atoms with E-state index in [9.17, 15) is 14.4 Å². The number of carbonyl (C=O) groups is 2. The molecule has 0 radical (unpaired) electrons. The first-order chi connectivity index (χ1) is 6.97. The summed E-state index contributed by atoms with van der Waals surface area (Å²) in [6.07, 6.45) is 0. The van der Waals surface area contributed by atoms with Crippen LogP contribution in [-0.4, -0.2) is 22.0 Å². The number of Topliss-reactive ketones (excluding diaryl/α,β-unsaturated/α-hetero) is 1. The van der Waals surface area contributed by atoms with Crippen molar-refractivity contribution in [2.75, 3.05) is 5.33 Å². The Hall–Kier alpha value is -1.43. The lowest BCUT2D eigenvalue weighted by molar-refractivity contribution is 0.0999. The maximum Gasteiger partial charge on any atom is 0.261 e. The molecule has 0 aliphatic heterocycles. The van der Waals surface area contributed by atoms with E-state index in [2.05, 4.69) is 20.9 Å². The lowest BCUT2D eigenvalue weighted by Crippen LogP contribution is -2.25. The molecule has 0 atom stereocenters. The number of aromatic nitrogens is 1. The number of nitrogens with two attached hydrogens (primary N) is 1. The highest BCUT2D eigenvalue weighted by Gasteiger charge is 2.14. The van der Waals surface area contributed by atoms with Crippen LogP contribution in [0.3, 0.4) is 0 Å². The van der Waals surface area contributed by atoms with Gasteiger partial charge < -0.3 is 10.7 Å². The number of hydrogen-bond donors (Lipinski definition) is 2. The number of halogens is 1. The molecule has 0 unspecified atom stereocenters. The van der Waals surface area contributed by atoms with Crippen LogP contribution in [0.25, 0.3) is 0 Å². The van der Waals surface area contributed by atoms with Crippen molar-refractivity contribution >= 4 is 27.6 Å². The van der Waals surface area contributed by atoms with Crippen LogP contribution in [0.4, 0.5) is 0 Å². The molecule has 0 fully saturated rings. The average molecular weight is 273 g/mol. The van der Waals surface area contributed by atoms with Crippen molar-refractivity contribution < 1.29 is 9.59 Å². The lowest BCUT2D eigenvalue weighted by atomic mass is 10.1. The van der Waals surface area contributed by atoms with Crippen molar-refractivity contribution in [1.29, 1.82) is 0 Å². The summed E-state index contributed by atoms with van der Waals surface area (Å²) < 4.78 is 0. The van der Waals surface area contributed by atoms with Gasteiger partial charge in [-0.15, -0.1) is 0 Å².